The van der Waals surface area contributed by atoms with Gasteiger partial charge in [0.05, 0.1) is 12.5 Å². The van der Waals surface area contributed by atoms with Gasteiger partial charge in [-0.3, -0.25) is 4.79 Å². The molecule has 1 N–H and O–H groups in total. The summed E-state index contributed by atoms with van der Waals surface area (Å²) in [7, 11) is 0. The Morgan fingerprint density at radius 1 is 0.920 bits per heavy atom. The summed E-state index contributed by atoms with van der Waals surface area (Å²) in [5, 5.41) is 3.19. The zero-order chi connectivity index (χ0) is 17.6. The van der Waals surface area contributed by atoms with Crippen molar-refractivity contribution in [2.24, 2.45) is 0 Å². The van der Waals surface area contributed by atoms with Gasteiger partial charge in [-0.05, 0) is 35.7 Å². The molecular weight excluding hydrogens is 374 g/mol. The van der Waals surface area contributed by atoms with Gasteiger partial charge in [-0.15, -0.1) is 0 Å². The molecule has 25 heavy (non-hydrogen) atoms. The standard InChI is InChI=1S/C22H20BrNO/c1-16-7-5-11-19(13-16)22(18-9-3-2-4-10-18)24-21(25)15-17-8-6-12-20(23)14-17/h2-14,22H,15H2,1H3,(H,24,25)/t22-/m1/s1. The maximum atomic E-state index is 12.6. The van der Waals surface area contributed by atoms with E-state index in [4.69, 9.17) is 0 Å². The Kier molecular flexibility index (Phi) is 5.67. The SMILES string of the molecule is Cc1cccc([C@H](NC(=O)Cc2cccc(Br)c2)c2ccccc2)c1. The molecule has 3 heteroatoms. The van der Waals surface area contributed by atoms with Crippen molar-refractivity contribution in [2.75, 3.05) is 0 Å². The van der Waals surface area contributed by atoms with Crippen LogP contribution in [0.4, 0.5) is 0 Å². The highest BCUT2D eigenvalue weighted by molar-refractivity contribution is 9.10. The highest BCUT2D eigenvalue weighted by atomic mass is 79.9. The molecule has 126 valence electrons. The van der Waals surface area contributed by atoms with Crippen LogP contribution in [0, 0.1) is 6.92 Å². The van der Waals surface area contributed by atoms with Gasteiger partial charge in [0.2, 0.25) is 5.91 Å². The summed E-state index contributed by atoms with van der Waals surface area (Å²) >= 11 is 3.45. The molecule has 0 heterocycles. The minimum Gasteiger partial charge on any atom is -0.345 e. The molecule has 3 aromatic rings. The zero-order valence-corrected chi connectivity index (χ0v) is 15.7. The third-order valence-corrected chi connectivity index (χ3v) is 4.56. The molecule has 3 rings (SSSR count). The van der Waals surface area contributed by atoms with Gasteiger partial charge in [-0.2, -0.15) is 0 Å². The highest BCUT2D eigenvalue weighted by Crippen LogP contribution is 2.23. The maximum Gasteiger partial charge on any atom is 0.225 e. The largest absolute Gasteiger partial charge is 0.345 e. The van der Waals surface area contributed by atoms with E-state index in [0.717, 1.165) is 21.2 Å². The number of rotatable bonds is 5. The topological polar surface area (TPSA) is 29.1 Å². The fourth-order valence-corrected chi connectivity index (χ4v) is 3.35. The van der Waals surface area contributed by atoms with E-state index in [9.17, 15) is 4.79 Å². The molecule has 0 radical (unpaired) electrons. The van der Waals surface area contributed by atoms with Crippen molar-refractivity contribution in [2.45, 2.75) is 19.4 Å². The number of amides is 1. The molecule has 0 saturated carbocycles. The van der Waals surface area contributed by atoms with Crippen LogP contribution in [0.5, 0.6) is 0 Å². The van der Waals surface area contributed by atoms with Crippen molar-refractivity contribution >= 4 is 21.8 Å². The normalized spacial score (nSPS) is 11.8. The number of hydrogen-bond donors (Lipinski definition) is 1. The minimum absolute atomic E-state index is 0.00783. The smallest absolute Gasteiger partial charge is 0.225 e. The van der Waals surface area contributed by atoms with E-state index in [2.05, 4.69) is 46.4 Å². The molecule has 0 aliphatic rings. The lowest BCUT2D eigenvalue weighted by Gasteiger charge is -2.20. The van der Waals surface area contributed by atoms with Crippen LogP contribution in [0.15, 0.2) is 83.3 Å². The van der Waals surface area contributed by atoms with Gasteiger partial charge in [-0.1, -0.05) is 88.2 Å². The molecule has 0 aliphatic carbocycles. The van der Waals surface area contributed by atoms with Crippen LogP contribution in [0.3, 0.4) is 0 Å². The fourth-order valence-electron chi connectivity index (χ4n) is 2.90. The van der Waals surface area contributed by atoms with Crippen molar-refractivity contribution in [3.8, 4) is 0 Å². The first-order valence-corrected chi connectivity index (χ1v) is 9.06. The third kappa shape index (κ3) is 4.80. The van der Waals surface area contributed by atoms with Crippen molar-refractivity contribution in [3.63, 3.8) is 0 Å². The number of hydrogen-bond acceptors (Lipinski definition) is 1. The number of benzene rings is 3. The molecular formula is C22H20BrNO. The number of aryl methyl sites for hydroxylation is 1. The van der Waals surface area contributed by atoms with E-state index in [1.807, 2.05) is 60.7 Å². The lowest BCUT2D eigenvalue weighted by Crippen LogP contribution is -2.30. The Morgan fingerprint density at radius 3 is 2.36 bits per heavy atom. The third-order valence-electron chi connectivity index (χ3n) is 4.07. The lowest BCUT2D eigenvalue weighted by atomic mass is 9.97. The average molecular weight is 394 g/mol. The second-order valence-corrected chi connectivity index (χ2v) is 7.05. The minimum atomic E-state index is -0.152. The molecule has 0 unspecified atom stereocenters. The lowest BCUT2D eigenvalue weighted by molar-refractivity contribution is -0.120. The molecule has 1 amide bonds. The van der Waals surface area contributed by atoms with Gasteiger partial charge < -0.3 is 5.32 Å². The summed E-state index contributed by atoms with van der Waals surface area (Å²) < 4.78 is 0.982. The van der Waals surface area contributed by atoms with Gasteiger partial charge in [0, 0.05) is 4.47 Å². The van der Waals surface area contributed by atoms with E-state index >= 15 is 0 Å². The van der Waals surface area contributed by atoms with Crippen LogP contribution in [0.25, 0.3) is 0 Å². The van der Waals surface area contributed by atoms with Crippen LogP contribution < -0.4 is 5.32 Å². The second-order valence-electron chi connectivity index (χ2n) is 6.13. The molecule has 0 saturated heterocycles. The van der Waals surface area contributed by atoms with Crippen molar-refractivity contribution in [1.82, 2.24) is 5.32 Å². The maximum absolute atomic E-state index is 12.6. The summed E-state index contributed by atoms with van der Waals surface area (Å²) in [6, 6.07) is 26.1. The fraction of sp³-hybridized carbons (Fsp3) is 0.136. The van der Waals surface area contributed by atoms with Gasteiger partial charge in [0.25, 0.3) is 0 Å². The summed E-state index contributed by atoms with van der Waals surface area (Å²) in [5.41, 5.74) is 4.34. The predicted octanol–water partition coefficient (Wildman–Crippen LogP) is 5.21. The Hall–Kier alpha value is -2.39. The number of carbonyl (C=O) groups is 1. The molecule has 1 atom stereocenters. The summed E-state index contributed by atoms with van der Waals surface area (Å²) in [6.07, 6.45) is 0.356. The number of halogens is 1. The second kappa shape index (κ2) is 8.13. The first-order valence-electron chi connectivity index (χ1n) is 8.27. The van der Waals surface area contributed by atoms with Gasteiger partial charge in [0.15, 0.2) is 0 Å². The van der Waals surface area contributed by atoms with E-state index in [1.54, 1.807) is 0 Å². The zero-order valence-electron chi connectivity index (χ0n) is 14.1. The van der Waals surface area contributed by atoms with Gasteiger partial charge in [-0.25, -0.2) is 0 Å². The summed E-state index contributed by atoms with van der Waals surface area (Å²) in [6.45, 7) is 2.06. The Labute approximate surface area is 157 Å². The molecule has 3 aromatic carbocycles. The summed E-state index contributed by atoms with van der Waals surface area (Å²) in [5.74, 6) is 0.00783. The van der Waals surface area contributed by atoms with E-state index in [0.29, 0.717) is 6.42 Å². The molecule has 0 spiro atoms. The van der Waals surface area contributed by atoms with Gasteiger partial charge in [0.1, 0.15) is 0 Å². The Morgan fingerprint density at radius 2 is 1.64 bits per heavy atom. The quantitative estimate of drug-likeness (QED) is 0.633. The van der Waals surface area contributed by atoms with Gasteiger partial charge >= 0.3 is 0 Å². The van der Waals surface area contributed by atoms with Crippen LogP contribution in [-0.2, 0) is 11.2 Å². The van der Waals surface area contributed by atoms with Crippen LogP contribution in [0.1, 0.15) is 28.3 Å². The summed E-state index contributed by atoms with van der Waals surface area (Å²) in [4.78, 5) is 12.6. The van der Waals surface area contributed by atoms with E-state index < -0.39 is 0 Å². The van der Waals surface area contributed by atoms with Crippen molar-refractivity contribution < 1.29 is 4.79 Å². The first-order chi connectivity index (χ1) is 12.1. The first kappa shape index (κ1) is 17.4. The predicted molar refractivity (Wildman–Crippen MR) is 105 cm³/mol. The van der Waals surface area contributed by atoms with Crippen LogP contribution in [-0.4, -0.2) is 5.91 Å². The molecule has 0 aromatic heterocycles. The monoisotopic (exact) mass is 393 g/mol. The Balaban J connectivity index is 1.84. The number of carbonyl (C=O) groups excluding carboxylic acids is 1. The van der Waals surface area contributed by atoms with E-state index in [-0.39, 0.29) is 11.9 Å². The van der Waals surface area contributed by atoms with E-state index in [1.165, 1.54) is 5.56 Å². The van der Waals surface area contributed by atoms with Crippen molar-refractivity contribution in [1.29, 1.82) is 0 Å². The molecule has 0 aliphatic heterocycles. The molecule has 0 bridgehead atoms. The molecule has 0 fully saturated rings. The highest BCUT2D eigenvalue weighted by Gasteiger charge is 2.17. The average Bonchev–Trinajstić information content (AvgIpc) is 2.60. The molecule has 2 nitrogen and oxygen atoms in total. The Bertz CT molecular complexity index is 861. The van der Waals surface area contributed by atoms with Crippen LogP contribution in [0.2, 0.25) is 0 Å². The number of nitrogens with one attached hydrogen (secondary N) is 1. The van der Waals surface area contributed by atoms with Crippen molar-refractivity contribution in [3.05, 3.63) is 106 Å². The van der Waals surface area contributed by atoms with Crippen LogP contribution >= 0.6 is 15.9 Å².